The number of ether oxygens (including phenoxy) is 1. The summed E-state index contributed by atoms with van der Waals surface area (Å²) in [6, 6.07) is 5.94. The first-order valence-corrected chi connectivity index (χ1v) is 10.8. The molecule has 0 atom stereocenters. The maximum atomic E-state index is 12.9. The molecule has 1 saturated heterocycles. The molecular weight excluding hydrogens is 396 g/mol. The van der Waals surface area contributed by atoms with Crippen LogP contribution in [0.1, 0.15) is 33.5 Å². The molecular formula is C20H22N2O4S2. The first kappa shape index (κ1) is 20.4. The summed E-state index contributed by atoms with van der Waals surface area (Å²) in [5.74, 6) is -0.612. The highest BCUT2D eigenvalue weighted by Crippen LogP contribution is 2.29. The number of esters is 1. The van der Waals surface area contributed by atoms with Crippen LogP contribution in [-0.4, -0.2) is 46.0 Å². The third-order valence-electron chi connectivity index (χ3n) is 4.51. The maximum absolute atomic E-state index is 12.9. The average molecular weight is 419 g/mol. The second-order valence-electron chi connectivity index (χ2n) is 6.38. The van der Waals surface area contributed by atoms with Gasteiger partial charge >= 0.3 is 5.97 Å². The van der Waals surface area contributed by atoms with Gasteiger partial charge in [0.2, 0.25) is 5.91 Å². The van der Waals surface area contributed by atoms with Gasteiger partial charge in [-0.05, 0) is 38.3 Å². The predicted octanol–water partition coefficient (Wildman–Crippen LogP) is 3.38. The summed E-state index contributed by atoms with van der Waals surface area (Å²) in [6.45, 7) is 6.51. The summed E-state index contributed by atoms with van der Waals surface area (Å²) in [5, 5.41) is 2.49. The van der Waals surface area contributed by atoms with Crippen LogP contribution in [0.2, 0.25) is 0 Å². The number of thiophene rings is 1. The fraction of sp³-hybridized carbons (Fsp3) is 0.350. The molecule has 1 aliphatic rings. The molecule has 1 aliphatic heterocycles. The molecule has 2 aromatic rings. The highest BCUT2D eigenvalue weighted by atomic mass is 32.2. The van der Waals surface area contributed by atoms with Gasteiger partial charge in [0.1, 0.15) is 0 Å². The normalized spacial score (nSPS) is 15.5. The number of aromatic nitrogens is 1. The van der Waals surface area contributed by atoms with Gasteiger partial charge in [0.05, 0.1) is 36.6 Å². The molecule has 0 unspecified atom stereocenters. The van der Waals surface area contributed by atoms with E-state index < -0.39 is 5.97 Å². The van der Waals surface area contributed by atoms with E-state index in [-0.39, 0.29) is 30.6 Å². The number of rotatable bonds is 7. The lowest BCUT2D eigenvalue weighted by molar-refractivity contribution is -0.137. The Hall–Kier alpha value is -2.32. The van der Waals surface area contributed by atoms with Crippen molar-refractivity contribution in [2.75, 3.05) is 18.9 Å². The Kier molecular flexibility index (Phi) is 6.41. The van der Waals surface area contributed by atoms with E-state index in [2.05, 4.69) is 10.6 Å². The zero-order valence-electron chi connectivity index (χ0n) is 16.1. The quantitative estimate of drug-likeness (QED) is 0.392. The van der Waals surface area contributed by atoms with Crippen LogP contribution in [0.4, 0.5) is 0 Å². The van der Waals surface area contributed by atoms with Crippen molar-refractivity contribution in [2.45, 2.75) is 27.3 Å². The molecule has 0 saturated carbocycles. The Morgan fingerprint density at radius 1 is 1.32 bits per heavy atom. The van der Waals surface area contributed by atoms with Gasteiger partial charge in [-0.25, -0.2) is 4.79 Å². The van der Waals surface area contributed by atoms with Gasteiger partial charge in [-0.1, -0.05) is 17.8 Å². The molecule has 1 amide bonds. The van der Waals surface area contributed by atoms with Crippen LogP contribution in [0.15, 0.2) is 34.7 Å². The minimum atomic E-state index is -0.508. The molecule has 3 heterocycles. The van der Waals surface area contributed by atoms with Crippen LogP contribution in [0.3, 0.4) is 0 Å². The molecule has 148 valence electrons. The topological polar surface area (TPSA) is 68.6 Å². The number of aryl methyl sites for hydroxylation is 1. The van der Waals surface area contributed by atoms with Gasteiger partial charge in [-0.3, -0.25) is 14.5 Å². The van der Waals surface area contributed by atoms with Crippen LogP contribution in [-0.2, 0) is 20.9 Å². The molecule has 0 aliphatic carbocycles. The van der Waals surface area contributed by atoms with Gasteiger partial charge in [-0.2, -0.15) is 0 Å². The third kappa shape index (κ3) is 4.39. The highest BCUT2D eigenvalue weighted by Gasteiger charge is 2.30. The fourth-order valence-electron chi connectivity index (χ4n) is 3.10. The summed E-state index contributed by atoms with van der Waals surface area (Å²) < 4.78 is 7.02. The Balaban J connectivity index is 1.78. The summed E-state index contributed by atoms with van der Waals surface area (Å²) in [4.78, 5) is 39.5. The van der Waals surface area contributed by atoms with Crippen molar-refractivity contribution in [1.82, 2.24) is 9.47 Å². The smallest absolute Gasteiger partial charge is 0.333 e. The third-order valence-corrected chi connectivity index (χ3v) is 6.39. The van der Waals surface area contributed by atoms with Gasteiger partial charge in [0.15, 0.2) is 5.78 Å². The van der Waals surface area contributed by atoms with E-state index in [1.165, 1.54) is 27.6 Å². The molecule has 0 radical (unpaired) electrons. The average Bonchev–Trinajstić information content (AvgIpc) is 3.34. The zero-order valence-corrected chi connectivity index (χ0v) is 17.7. The van der Waals surface area contributed by atoms with E-state index in [9.17, 15) is 14.4 Å². The summed E-state index contributed by atoms with van der Waals surface area (Å²) in [5.41, 5.74) is 2.49. The minimum absolute atomic E-state index is 0.0830. The second kappa shape index (κ2) is 8.79. The first-order chi connectivity index (χ1) is 13.4. The van der Waals surface area contributed by atoms with E-state index in [0.29, 0.717) is 10.6 Å². The molecule has 2 aromatic heterocycles. The Morgan fingerprint density at radius 3 is 2.79 bits per heavy atom. The van der Waals surface area contributed by atoms with E-state index in [1.807, 2.05) is 31.4 Å². The monoisotopic (exact) mass is 418 g/mol. The van der Waals surface area contributed by atoms with Gasteiger partial charge in [0.25, 0.3) is 0 Å². The van der Waals surface area contributed by atoms with Gasteiger partial charge < -0.3 is 9.30 Å². The van der Waals surface area contributed by atoms with E-state index >= 15 is 0 Å². The van der Waals surface area contributed by atoms with Gasteiger partial charge in [0, 0.05) is 21.8 Å². The lowest BCUT2D eigenvalue weighted by Gasteiger charge is -2.16. The SMILES string of the molecule is CCOC(=O)C=C1SCC(=O)N1CC(=O)c1cc(C)n(Cc2cccs2)c1C. The van der Waals surface area contributed by atoms with Crippen molar-refractivity contribution in [3.8, 4) is 0 Å². The Morgan fingerprint density at radius 2 is 2.11 bits per heavy atom. The number of thioether (sulfide) groups is 1. The summed E-state index contributed by atoms with van der Waals surface area (Å²) in [7, 11) is 0. The van der Waals surface area contributed by atoms with Crippen molar-refractivity contribution >= 4 is 40.8 Å². The molecule has 8 heteroatoms. The molecule has 3 rings (SSSR count). The lowest BCUT2D eigenvalue weighted by atomic mass is 10.1. The number of amides is 1. The first-order valence-electron chi connectivity index (χ1n) is 8.94. The lowest BCUT2D eigenvalue weighted by Crippen LogP contribution is -2.31. The number of hydrogen-bond acceptors (Lipinski definition) is 6. The summed E-state index contributed by atoms with van der Waals surface area (Å²) >= 11 is 2.92. The largest absolute Gasteiger partial charge is 0.463 e. The van der Waals surface area contributed by atoms with E-state index in [1.54, 1.807) is 18.3 Å². The molecule has 6 nitrogen and oxygen atoms in total. The van der Waals surface area contributed by atoms with E-state index in [0.717, 1.165) is 17.9 Å². The minimum Gasteiger partial charge on any atom is -0.463 e. The number of ketones is 1. The summed E-state index contributed by atoms with van der Waals surface area (Å²) in [6.07, 6.45) is 1.28. The van der Waals surface area contributed by atoms with Crippen molar-refractivity contribution in [1.29, 1.82) is 0 Å². The maximum Gasteiger partial charge on any atom is 0.333 e. The van der Waals surface area contributed by atoms with Crippen molar-refractivity contribution < 1.29 is 19.1 Å². The number of carbonyl (C=O) groups is 3. The number of carbonyl (C=O) groups excluding carboxylic acids is 3. The van der Waals surface area contributed by atoms with Gasteiger partial charge in [-0.15, -0.1) is 11.3 Å². The Bertz CT molecular complexity index is 928. The van der Waals surface area contributed by atoms with Crippen LogP contribution < -0.4 is 0 Å². The number of hydrogen-bond donors (Lipinski definition) is 0. The molecule has 28 heavy (non-hydrogen) atoms. The van der Waals surface area contributed by atoms with Crippen LogP contribution in [0.25, 0.3) is 0 Å². The fourth-order valence-corrected chi connectivity index (χ4v) is 4.72. The molecule has 0 aromatic carbocycles. The number of Topliss-reactive ketones (excluding diaryl/α,β-unsaturated/α-hetero) is 1. The van der Waals surface area contributed by atoms with Crippen LogP contribution in [0, 0.1) is 13.8 Å². The highest BCUT2D eigenvalue weighted by molar-refractivity contribution is 8.04. The molecule has 1 fully saturated rings. The van der Waals surface area contributed by atoms with Crippen molar-refractivity contribution in [2.24, 2.45) is 0 Å². The zero-order chi connectivity index (χ0) is 20.3. The Labute approximate surface area is 172 Å². The van der Waals surface area contributed by atoms with Crippen LogP contribution in [0.5, 0.6) is 0 Å². The van der Waals surface area contributed by atoms with E-state index in [4.69, 9.17) is 4.74 Å². The van der Waals surface area contributed by atoms with Crippen molar-refractivity contribution in [3.63, 3.8) is 0 Å². The van der Waals surface area contributed by atoms with Crippen LogP contribution >= 0.6 is 23.1 Å². The second-order valence-corrected chi connectivity index (χ2v) is 8.40. The number of nitrogens with zero attached hydrogens (tertiary/aromatic N) is 2. The molecule has 0 N–H and O–H groups in total. The molecule has 0 bridgehead atoms. The van der Waals surface area contributed by atoms with Crippen molar-refractivity contribution in [3.05, 3.63) is 56.5 Å². The molecule has 0 spiro atoms. The predicted molar refractivity (Wildman–Crippen MR) is 111 cm³/mol. The standard InChI is InChI=1S/C20H22N2O4S2/c1-4-26-20(25)9-19-22(18(24)12-28-19)11-17(23)16-8-13(2)21(14(16)3)10-15-6-5-7-27-15/h5-9H,4,10-12H2,1-3H3.